The second kappa shape index (κ2) is 8.81. The molecule has 4 saturated carbocycles. The maximum Gasteiger partial charge on any atom is 0.312 e. The fourth-order valence-electron chi connectivity index (χ4n) is 14.1. The lowest BCUT2D eigenvalue weighted by Gasteiger charge is -2.70. The Labute approximate surface area is 290 Å². The maximum absolute atomic E-state index is 15.4. The number of hydrogen-bond donors (Lipinski definition) is 2. The Kier molecular flexibility index (Phi) is 5.53. The summed E-state index contributed by atoms with van der Waals surface area (Å²) in [6.45, 7) is 9.10. The van der Waals surface area contributed by atoms with Crippen LogP contribution in [0.3, 0.4) is 0 Å². The summed E-state index contributed by atoms with van der Waals surface area (Å²) in [5, 5.41) is 21.6. The van der Waals surface area contributed by atoms with E-state index in [1.807, 2.05) is 18.2 Å². The highest BCUT2D eigenvalue weighted by atomic mass is 16.7. The lowest BCUT2D eigenvalue weighted by atomic mass is 9.34. The molecule has 3 aliphatic heterocycles. The predicted octanol–water partition coefficient (Wildman–Crippen LogP) is 4.26. The molecule has 264 valence electrons. The van der Waals surface area contributed by atoms with Gasteiger partial charge in [-0.15, -0.1) is 0 Å². The van der Waals surface area contributed by atoms with Crippen molar-refractivity contribution in [1.82, 2.24) is 0 Å². The van der Waals surface area contributed by atoms with Gasteiger partial charge in [0.05, 0.1) is 18.1 Å². The first-order valence-corrected chi connectivity index (χ1v) is 18.2. The molecule has 2 saturated heterocycles. The summed E-state index contributed by atoms with van der Waals surface area (Å²) in [7, 11) is 0. The monoisotopic (exact) mass is 684 g/mol. The van der Waals surface area contributed by atoms with E-state index >= 15 is 4.79 Å². The number of aliphatic hydroxyl groups is 2. The van der Waals surface area contributed by atoms with Crippen LogP contribution in [-0.2, 0) is 28.6 Å². The molecule has 0 unspecified atom stereocenters. The minimum absolute atomic E-state index is 0.0565. The van der Waals surface area contributed by atoms with Crippen LogP contribution >= 0.6 is 0 Å². The Hall–Kier alpha value is -3.34. The van der Waals surface area contributed by atoms with Crippen LogP contribution in [0.15, 0.2) is 48.1 Å². The summed E-state index contributed by atoms with van der Waals surface area (Å²) in [5.41, 5.74) is -4.05. The van der Waals surface area contributed by atoms with E-state index in [-0.39, 0.29) is 42.3 Å². The third kappa shape index (κ3) is 3.10. The third-order valence-corrected chi connectivity index (χ3v) is 16.0. The molecule has 6 fully saturated rings. The number of ether oxygens (including phenoxy) is 4. The van der Waals surface area contributed by atoms with Gasteiger partial charge in [0.25, 0.3) is 0 Å². The van der Waals surface area contributed by atoms with Crippen LogP contribution in [0.5, 0.6) is 5.75 Å². The SMILES string of the molecule is CC(=O)O[C@H]1C(=O)[C@]2(C)[C@H](C=C[C@]34C[C@@]32CC[C@@H]4[C@@H]2C[C@@]3(OC[C@](C)(O)[C@H]3O)OC2=O)[C@@]2(C)CC=C3[C@@]4(C[C@]3(C)[C@H]12)Oc1ccccc1C4=O. The zero-order chi connectivity index (χ0) is 35.2. The smallest absolute Gasteiger partial charge is 0.312 e. The number of para-hydroxylation sites is 1. The van der Waals surface area contributed by atoms with Crippen molar-refractivity contribution in [2.75, 3.05) is 6.61 Å². The van der Waals surface area contributed by atoms with Crippen molar-refractivity contribution < 1.29 is 48.3 Å². The minimum Gasteiger partial charge on any atom is -0.474 e. The average molecular weight is 685 g/mol. The second-order valence-electron chi connectivity index (χ2n) is 18.1. The van der Waals surface area contributed by atoms with Crippen LogP contribution in [0.4, 0.5) is 0 Å². The summed E-state index contributed by atoms with van der Waals surface area (Å²) < 4.78 is 24.2. The zero-order valence-corrected chi connectivity index (χ0v) is 29.1. The van der Waals surface area contributed by atoms with Crippen LogP contribution in [0, 0.1) is 50.7 Å². The molecule has 1 aromatic rings. The largest absolute Gasteiger partial charge is 0.474 e. The van der Waals surface area contributed by atoms with Crippen LogP contribution in [0.2, 0.25) is 0 Å². The highest BCUT2D eigenvalue weighted by molar-refractivity contribution is 6.11. The van der Waals surface area contributed by atoms with Gasteiger partial charge in [0.15, 0.2) is 17.5 Å². The molecule has 1 aromatic carbocycles. The molecule has 6 aliphatic carbocycles. The molecule has 2 N–H and O–H groups in total. The third-order valence-electron chi connectivity index (χ3n) is 16.0. The van der Waals surface area contributed by atoms with E-state index in [0.717, 1.165) is 18.4 Å². The van der Waals surface area contributed by atoms with Gasteiger partial charge in [-0.1, -0.05) is 51.1 Å². The van der Waals surface area contributed by atoms with E-state index in [0.29, 0.717) is 30.6 Å². The summed E-state index contributed by atoms with van der Waals surface area (Å²) in [6, 6.07) is 7.32. The normalized spacial score (nSPS) is 54.5. The fourth-order valence-corrected chi connectivity index (χ4v) is 14.1. The highest BCUT2D eigenvalue weighted by Crippen LogP contribution is 2.89. The van der Waals surface area contributed by atoms with Crippen molar-refractivity contribution in [2.45, 2.75) is 102 Å². The van der Waals surface area contributed by atoms with E-state index in [4.69, 9.17) is 18.9 Å². The average Bonchev–Trinajstić information content (AvgIpc) is 3.19. The van der Waals surface area contributed by atoms with Gasteiger partial charge in [-0.2, -0.15) is 0 Å². The van der Waals surface area contributed by atoms with E-state index in [1.165, 1.54) is 13.8 Å². The lowest BCUT2D eigenvalue weighted by molar-refractivity contribution is -0.223. The molecule has 0 bridgehead atoms. The fraction of sp³-hybridized carbons (Fsp3) is 0.650. The van der Waals surface area contributed by atoms with Crippen LogP contribution in [0.1, 0.15) is 83.5 Å². The molecule has 2 spiro atoms. The van der Waals surface area contributed by atoms with Gasteiger partial charge in [0.1, 0.15) is 17.5 Å². The summed E-state index contributed by atoms with van der Waals surface area (Å²) >= 11 is 0. The van der Waals surface area contributed by atoms with Gasteiger partial charge >= 0.3 is 11.9 Å². The van der Waals surface area contributed by atoms with Gasteiger partial charge in [-0.3, -0.25) is 19.2 Å². The Morgan fingerprint density at radius 3 is 2.50 bits per heavy atom. The molecule has 14 atom stereocenters. The molecule has 0 amide bonds. The van der Waals surface area contributed by atoms with E-state index in [1.54, 1.807) is 6.07 Å². The molecule has 0 aromatic heterocycles. The van der Waals surface area contributed by atoms with Gasteiger partial charge in [0.2, 0.25) is 11.6 Å². The highest BCUT2D eigenvalue weighted by Gasteiger charge is 2.88. The molecule has 10 nitrogen and oxygen atoms in total. The standard InChI is InChI=1S/C40H44O10/c1-20(41)48-27-28-33(2,13-11-26-34(28,3)17-39(26)29(42)21-8-6-7-9-24(21)49-39)25-12-14-37-18-38(37,36(25,5)30(27)43)15-10-23(37)22-16-40(50-31(22)44)32(45)35(4,46)19-47-40/h6-9,11-12,14,22-23,25,27-28,32,45-46H,10,13,15-19H2,1-5H3/t22-,23+,25+,27+,28+,32+,33+,34-,35-,36-,37+,38+,39+,40+/m0/s1. The number of fused-ring (bicyclic) bond motifs is 7. The number of Topliss-reactive ketones (excluding diaryl/α,β-unsaturated/α-hetero) is 2. The Morgan fingerprint density at radius 1 is 1.04 bits per heavy atom. The van der Waals surface area contributed by atoms with Crippen molar-refractivity contribution in [3.8, 4) is 5.75 Å². The molecular weight excluding hydrogens is 640 g/mol. The first-order chi connectivity index (χ1) is 23.5. The van der Waals surface area contributed by atoms with Crippen molar-refractivity contribution in [3.63, 3.8) is 0 Å². The summed E-state index contributed by atoms with van der Waals surface area (Å²) in [4.78, 5) is 55.7. The Morgan fingerprint density at radius 2 is 1.80 bits per heavy atom. The van der Waals surface area contributed by atoms with Gasteiger partial charge < -0.3 is 29.2 Å². The Balaban J connectivity index is 1.04. The minimum atomic E-state index is -1.58. The molecule has 10 heteroatoms. The first kappa shape index (κ1) is 31.4. The number of esters is 2. The quantitative estimate of drug-likeness (QED) is 0.343. The lowest BCUT2D eigenvalue weighted by Crippen LogP contribution is -2.74. The molecule has 50 heavy (non-hydrogen) atoms. The van der Waals surface area contributed by atoms with Crippen molar-refractivity contribution in [3.05, 3.63) is 53.6 Å². The Bertz CT molecular complexity index is 1910. The number of benzene rings is 1. The van der Waals surface area contributed by atoms with Crippen LogP contribution in [0.25, 0.3) is 0 Å². The summed E-state index contributed by atoms with van der Waals surface area (Å²) in [5.74, 6) is -3.33. The number of aliphatic hydroxyl groups excluding tert-OH is 1. The van der Waals surface area contributed by atoms with E-state index in [9.17, 15) is 24.6 Å². The van der Waals surface area contributed by atoms with Gasteiger partial charge in [-0.05, 0) is 78.4 Å². The molecule has 9 aliphatic rings. The van der Waals surface area contributed by atoms with Crippen LogP contribution < -0.4 is 4.74 Å². The van der Waals surface area contributed by atoms with Crippen molar-refractivity contribution in [2.24, 2.45) is 50.7 Å². The first-order valence-electron chi connectivity index (χ1n) is 18.2. The number of allylic oxidation sites excluding steroid dienone is 3. The van der Waals surface area contributed by atoms with E-state index in [2.05, 4.69) is 39.0 Å². The van der Waals surface area contributed by atoms with Gasteiger partial charge in [-0.25, -0.2) is 0 Å². The number of ketones is 2. The molecular formula is C40H44O10. The number of carbonyl (C=O) groups is 4. The zero-order valence-electron chi connectivity index (χ0n) is 29.1. The molecule has 0 radical (unpaired) electrons. The number of hydrogen-bond acceptors (Lipinski definition) is 10. The molecule has 10 rings (SSSR count). The van der Waals surface area contributed by atoms with Crippen molar-refractivity contribution in [1.29, 1.82) is 0 Å². The van der Waals surface area contributed by atoms with Crippen molar-refractivity contribution >= 4 is 23.5 Å². The number of carbonyl (C=O) groups excluding carboxylic acids is 4. The molecule has 3 heterocycles. The van der Waals surface area contributed by atoms with Gasteiger partial charge in [0, 0.05) is 36.5 Å². The van der Waals surface area contributed by atoms with Crippen LogP contribution in [-0.4, -0.2) is 69.5 Å². The predicted molar refractivity (Wildman–Crippen MR) is 174 cm³/mol. The number of rotatable bonds is 2. The topological polar surface area (TPSA) is 146 Å². The maximum atomic E-state index is 15.4. The summed E-state index contributed by atoms with van der Waals surface area (Å²) in [6.07, 6.45) is 7.59. The second-order valence-corrected chi connectivity index (χ2v) is 18.1. The van der Waals surface area contributed by atoms with E-state index < -0.39 is 74.1 Å².